The first-order chi connectivity index (χ1) is 7.63. The Kier molecular flexibility index (Phi) is 3.30. The Balaban J connectivity index is 2.52. The molecular weight excluding hydrogens is 288 g/mol. The van der Waals surface area contributed by atoms with Crippen LogP contribution in [0.2, 0.25) is 0 Å². The van der Waals surface area contributed by atoms with Gasteiger partial charge in [0.2, 0.25) is 0 Å². The molecule has 0 N–H and O–H groups in total. The van der Waals surface area contributed by atoms with Crippen LogP contribution < -0.4 is 0 Å². The molecule has 1 aromatic carbocycles. The lowest BCUT2D eigenvalue weighted by Crippen LogP contribution is -2.01. The number of esters is 1. The van der Waals surface area contributed by atoms with Crippen LogP contribution in [-0.4, -0.2) is 12.6 Å². The summed E-state index contributed by atoms with van der Waals surface area (Å²) in [7, 11) is 0. The van der Waals surface area contributed by atoms with Crippen LogP contribution in [0.15, 0.2) is 22.7 Å². The van der Waals surface area contributed by atoms with Gasteiger partial charge in [-0.15, -0.1) is 11.3 Å². The summed E-state index contributed by atoms with van der Waals surface area (Å²) in [5.41, 5.74) is 1.17. The van der Waals surface area contributed by atoms with Gasteiger partial charge in [-0.2, -0.15) is 0 Å². The number of hydrogen-bond acceptors (Lipinski definition) is 3. The molecule has 0 aliphatic heterocycles. The maximum Gasteiger partial charge on any atom is 0.348 e. The number of halogens is 1. The average molecular weight is 299 g/mol. The molecule has 0 radical (unpaired) electrons. The van der Waals surface area contributed by atoms with Gasteiger partial charge in [0.25, 0.3) is 0 Å². The molecule has 1 aromatic heterocycles. The van der Waals surface area contributed by atoms with E-state index in [4.69, 9.17) is 4.74 Å². The Labute approximate surface area is 106 Å². The maximum atomic E-state index is 11.6. The van der Waals surface area contributed by atoms with E-state index in [9.17, 15) is 4.79 Å². The van der Waals surface area contributed by atoms with Gasteiger partial charge >= 0.3 is 5.97 Å². The van der Waals surface area contributed by atoms with E-state index in [0.717, 1.165) is 14.6 Å². The van der Waals surface area contributed by atoms with E-state index in [1.807, 2.05) is 32.0 Å². The second kappa shape index (κ2) is 4.55. The lowest BCUT2D eigenvalue weighted by Gasteiger charge is -1.97. The number of aryl methyl sites for hydroxylation is 1. The highest BCUT2D eigenvalue weighted by molar-refractivity contribution is 9.10. The second-order valence-corrected chi connectivity index (χ2v) is 5.29. The number of benzene rings is 1. The number of hydrogen-bond donors (Lipinski definition) is 0. The van der Waals surface area contributed by atoms with Gasteiger partial charge in [-0.25, -0.2) is 4.79 Å². The fraction of sp³-hybridized carbons (Fsp3) is 0.250. The van der Waals surface area contributed by atoms with Crippen molar-refractivity contribution in [2.45, 2.75) is 13.8 Å². The fourth-order valence-corrected chi connectivity index (χ4v) is 3.12. The molecule has 0 unspecified atom stereocenters. The van der Waals surface area contributed by atoms with Gasteiger partial charge in [-0.1, -0.05) is 12.1 Å². The van der Waals surface area contributed by atoms with Crippen LogP contribution in [0.4, 0.5) is 0 Å². The van der Waals surface area contributed by atoms with E-state index in [1.54, 1.807) is 0 Å². The smallest absolute Gasteiger partial charge is 0.348 e. The minimum Gasteiger partial charge on any atom is -0.462 e. The van der Waals surface area contributed by atoms with Gasteiger partial charge in [0.1, 0.15) is 4.88 Å². The van der Waals surface area contributed by atoms with Gasteiger partial charge in [0, 0.05) is 9.17 Å². The van der Waals surface area contributed by atoms with Crippen LogP contribution in [-0.2, 0) is 4.74 Å². The third kappa shape index (κ3) is 1.99. The van der Waals surface area contributed by atoms with Crippen molar-refractivity contribution >= 4 is 43.3 Å². The Morgan fingerprint density at radius 3 is 2.94 bits per heavy atom. The second-order valence-electron chi connectivity index (χ2n) is 3.45. The minimum absolute atomic E-state index is 0.242. The molecule has 0 bridgehead atoms. The van der Waals surface area contributed by atoms with Gasteiger partial charge in [-0.3, -0.25) is 0 Å². The number of fused-ring (bicyclic) bond motifs is 1. The molecule has 0 fully saturated rings. The van der Waals surface area contributed by atoms with Crippen molar-refractivity contribution in [3.8, 4) is 0 Å². The van der Waals surface area contributed by atoms with Crippen LogP contribution in [0.3, 0.4) is 0 Å². The molecule has 4 heteroatoms. The molecule has 16 heavy (non-hydrogen) atoms. The van der Waals surface area contributed by atoms with Crippen molar-refractivity contribution in [3.05, 3.63) is 33.1 Å². The van der Waals surface area contributed by atoms with Crippen LogP contribution in [0.1, 0.15) is 22.2 Å². The van der Waals surface area contributed by atoms with Crippen LogP contribution in [0, 0.1) is 6.92 Å². The summed E-state index contributed by atoms with van der Waals surface area (Å²) in [5.74, 6) is -0.242. The van der Waals surface area contributed by atoms with Gasteiger partial charge in [0.15, 0.2) is 0 Å². The summed E-state index contributed by atoms with van der Waals surface area (Å²) >= 11 is 5.01. The Morgan fingerprint density at radius 2 is 2.25 bits per heavy atom. The lowest BCUT2D eigenvalue weighted by molar-refractivity contribution is 0.0532. The van der Waals surface area contributed by atoms with Gasteiger partial charge in [-0.05, 0) is 46.8 Å². The standard InChI is InChI=1S/C12H11BrO2S/c1-3-15-12(14)9-6-8-5-4-7(2)10(13)11(8)16-9/h4-6H,3H2,1-2H3. The largest absolute Gasteiger partial charge is 0.462 e. The van der Waals surface area contributed by atoms with E-state index >= 15 is 0 Å². The number of rotatable bonds is 2. The van der Waals surface area contributed by atoms with E-state index in [-0.39, 0.29) is 5.97 Å². The molecule has 0 saturated heterocycles. The predicted octanol–water partition coefficient (Wildman–Crippen LogP) is 4.15. The number of carbonyl (C=O) groups excluding carboxylic acids is 1. The van der Waals surface area contributed by atoms with Crippen molar-refractivity contribution in [2.75, 3.05) is 6.61 Å². The molecular formula is C12H11BrO2S. The summed E-state index contributed by atoms with van der Waals surface area (Å²) in [4.78, 5) is 12.2. The van der Waals surface area contributed by atoms with Gasteiger partial charge in [0.05, 0.1) is 6.61 Å². The van der Waals surface area contributed by atoms with E-state index in [1.165, 1.54) is 16.9 Å². The zero-order valence-electron chi connectivity index (χ0n) is 9.04. The SMILES string of the molecule is CCOC(=O)c1cc2ccc(C)c(Br)c2s1. The predicted molar refractivity (Wildman–Crippen MR) is 70.2 cm³/mol. The Morgan fingerprint density at radius 1 is 1.50 bits per heavy atom. The average Bonchev–Trinajstić information content (AvgIpc) is 2.69. The van der Waals surface area contributed by atoms with E-state index in [0.29, 0.717) is 11.5 Å². The topological polar surface area (TPSA) is 26.3 Å². The highest BCUT2D eigenvalue weighted by Crippen LogP contribution is 2.34. The molecule has 2 nitrogen and oxygen atoms in total. The molecule has 0 saturated carbocycles. The molecule has 2 rings (SSSR count). The summed E-state index contributed by atoms with van der Waals surface area (Å²) in [6.07, 6.45) is 0. The first-order valence-corrected chi connectivity index (χ1v) is 6.60. The van der Waals surface area contributed by atoms with Crippen LogP contribution in [0.25, 0.3) is 10.1 Å². The number of ether oxygens (including phenoxy) is 1. The Bertz CT molecular complexity index is 545. The monoisotopic (exact) mass is 298 g/mol. The van der Waals surface area contributed by atoms with Crippen LogP contribution in [0.5, 0.6) is 0 Å². The highest BCUT2D eigenvalue weighted by Gasteiger charge is 2.13. The summed E-state index contributed by atoms with van der Waals surface area (Å²) in [6.45, 7) is 4.26. The quantitative estimate of drug-likeness (QED) is 0.779. The highest BCUT2D eigenvalue weighted by atomic mass is 79.9. The summed E-state index contributed by atoms with van der Waals surface area (Å²) in [6, 6.07) is 5.94. The Hall–Kier alpha value is -0.870. The van der Waals surface area contributed by atoms with Crippen molar-refractivity contribution in [2.24, 2.45) is 0 Å². The fourth-order valence-electron chi connectivity index (χ4n) is 1.47. The molecule has 0 aliphatic rings. The molecule has 0 atom stereocenters. The third-order valence-electron chi connectivity index (χ3n) is 2.30. The molecule has 0 spiro atoms. The molecule has 1 heterocycles. The van der Waals surface area contributed by atoms with Crippen molar-refractivity contribution in [3.63, 3.8) is 0 Å². The molecule has 0 aliphatic carbocycles. The zero-order valence-corrected chi connectivity index (χ0v) is 11.4. The van der Waals surface area contributed by atoms with Crippen molar-refractivity contribution in [1.29, 1.82) is 0 Å². The normalized spacial score (nSPS) is 10.7. The molecule has 84 valence electrons. The third-order valence-corrected chi connectivity index (χ3v) is 4.73. The van der Waals surface area contributed by atoms with Crippen LogP contribution >= 0.6 is 27.3 Å². The first kappa shape index (κ1) is 11.6. The van der Waals surface area contributed by atoms with E-state index in [2.05, 4.69) is 15.9 Å². The number of carbonyl (C=O) groups is 1. The van der Waals surface area contributed by atoms with E-state index < -0.39 is 0 Å². The molecule has 2 aromatic rings. The van der Waals surface area contributed by atoms with Gasteiger partial charge < -0.3 is 4.74 Å². The lowest BCUT2D eigenvalue weighted by atomic mass is 10.2. The molecule has 0 amide bonds. The first-order valence-electron chi connectivity index (χ1n) is 4.99. The minimum atomic E-state index is -0.242. The number of thiophene rings is 1. The maximum absolute atomic E-state index is 11.6. The summed E-state index contributed by atoms with van der Waals surface area (Å²) in [5, 5.41) is 1.07. The summed E-state index contributed by atoms with van der Waals surface area (Å²) < 4.78 is 7.14. The zero-order chi connectivity index (χ0) is 11.7. The van der Waals surface area contributed by atoms with Crippen molar-refractivity contribution in [1.82, 2.24) is 0 Å². The van der Waals surface area contributed by atoms with Crippen molar-refractivity contribution < 1.29 is 9.53 Å².